The first-order valence-electron chi connectivity index (χ1n) is 8.73. The minimum atomic E-state index is 0.501. The standard InChI is InChI=1S/C17H22Cl2N6/c18-15-2-1-3-16(17(15)19)25-11-13(21-22-25)10-23-7-4-14(12-23)24-8-5-20-6-9-24/h1-3,11,14,20H,4-10,12H2. The van der Waals surface area contributed by atoms with Crippen molar-refractivity contribution in [3.63, 3.8) is 0 Å². The van der Waals surface area contributed by atoms with E-state index in [2.05, 4.69) is 25.4 Å². The van der Waals surface area contributed by atoms with Crippen LogP contribution in [0.15, 0.2) is 24.4 Å². The van der Waals surface area contributed by atoms with Crippen LogP contribution in [0.4, 0.5) is 0 Å². The number of halogens is 2. The third kappa shape index (κ3) is 3.83. The zero-order valence-corrected chi connectivity index (χ0v) is 15.5. The molecule has 1 atom stereocenters. The molecule has 2 fully saturated rings. The summed E-state index contributed by atoms with van der Waals surface area (Å²) >= 11 is 12.4. The van der Waals surface area contributed by atoms with Crippen LogP contribution in [-0.2, 0) is 6.54 Å². The van der Waals surface area contributed by atoms with E-state index < -0.39 is 0 Å². The number of rotatable bonds is 4. The Bertz CT molecular complexity index is 728. The Balaban J connectivity index is 1.39. The Kier molecular flexibility index (Phi) is 5.24. The highest BCUT2D eigenvalue weighted by atomic mass is 35.5. The lowest BCUT2D eigenvalue weighted by molar-refractivity contribution is 0.170. The van der Waals surface area contributed by atoms with E-state index in [9.17, 15) is 0 Å². The second kappa shape index (κ2) is 7.60. The van der Waals surface area contributed by atoms with E-state index in [0.29, 0.717) is 16.1 Å². The molecule has 1 N–H and O–H groups in total. The summed E-state index contributed by atoms with van der Waals surface area (Å²) < 4.78 is 1.70. The van der Waals surface area contributed by atoms with Crippen molar-refractivity contribution in [1.29, 1.82) is 0 Å². The number of aromatic nitrogens is 3. The minimum absolute atomic E-state index is 0.501. The molecule has 0 aliphatic carbocycles. The SMILES string of the molecule is Clc1cccc(-n2cc(CN3CCC(N4CCNCC4)C3)nn2)c1Cl. The maximum absolute atomic E-state index is 6.27. The normalized spacial score (nSPS) is 22.6. The second-order valence-corrected chi connectivity index (χ2v) is 7.48. The van der Waals surface area contributed by atoms with E-state index in [1.165, 1.54) is 6.42 Å². The smallest absolute Gasteiger partial charge is 0.0971 e. The van der Waals surface area contributed by atoms with Crippen LogP contribution < -0.4 is 5.32 Å². The molecule has 4 rings (SSSR count). The number of hydrogen-bond acceptors (Lipinski definition) is 5. The molecule has 134 valence electrons. The van der Waals surface area contributed by atoms with E-state index in [4.69, 9.17) is 23.2 Å². The molecule has 8 heteroatoms. The molecule has 2 saturated heterocycles. The first kappa shape index (κ1) is 17.2. The van der Waals surface area contributed by atoms with Crippen LogP contribution in [0.1, 0.15) is 12.1 Å². The number of likely N-dealkylation sites (tertiary alicyclic amines) is 1. The molecular formula is C17H22Cl2N6. The lowest BCUT2D eigenvalue weighted by Gasteiger charge is -2.32. The van der Waals surface area contributed by atoms with Gasteiger partial charge in [0.15, 0.2) is 0 Å². The van der Waals surface area contributed by atoms with Crippen molar-refractivity contribution in [2.24, 2.45) is 0 Å². The molecule has 0 saturated carbocycles. The quantitative estimate of drug-likeness (QED) is 0.879. The molecule has 1 aromatic heterocycles. The number of nitrogens with zero attached hydrogens (tertiary/aromatic N) is 5. The van der Waals surface area contributed by atoms with Crippen LogP contribution in [0.25, 0.3) is 5.69 Å². The highest BCUT2D eigenvalue weighted by molar-refractivity contribution is 6.43. The van der Waals surface area contributed by atoms with E-state index in [1.807, 2.05) is 18.3 Å². The molecule has 0 spiro atoms. The molecule has 1 aromatic carbocycles. The third-order valence-corrected chi connectivity index (χ3v) is 5.83. The second-order valence-electron chi connectivity index (χ2n) is 6.69. The number of nitrogens with one attached hydrogen (secondary N) is 1. The van der Waals surface area contributed by atoms with Gasteiger partial charge in [0.1, 0.15) is 0 Å². The average molecular weight is 381 g/mol. The van der Waals surface area contributed by atoms with Crippen LogP contribution in [0.2, 0.25) is 10.0 Å². The Labute approximate surface area is 157 Å². The van der Waals surface area contributed by atoms with Gasteiger partial charge >= 0.3 is 0 Å². The van der Waals surface area contributed by atoms with Crippen molar-refractivity contribution in [2.45, 2.75) is 19.0 Å². The van der Waals surface area contributed by atoms with Crippen LogP contribution in [0.5, 0.6) is 0 Å². The van der Waals surface area contributed by atoms with Gasteiger partial charge in [0.25, 0.3) is 0 Å². The zero-order valence-electron chi connectivity index (χ0n) is 14.0. The summed E-state index contributed by atoms with van der Waals surface area (Å²) in [7, 11) is 0. The van der Waals surface area contributed by atoms with Gasteiger partial charge in [0, 0.05) is 51.9 Å². The lowest BCUT2D eigenvalue weighted by atomic mass is 10.2. The van der Waals surface area contributed by atoms with Crippen LogP contribution >= 0.6 is 23.2 Å². The van der Waals surface area contributed by atoms with E-state index in [-0.39, 0.29) is 0 Å². The minimum Gasteiger partial charge on any atom is -0.314 e. The summed E-state index contributed by atoms with van der Waals surface area (Å²) in [6.45, 7) is 7.55. The average Bonchev–Trinajstić information content (AvgIpc) is 3.28. The van der Waals surface area contributed by atoms with E-state index in [0.717, 1.165) is 57.2 Å². The summed E-state index contributed by atoms with van der Waals surface area (Å²) in [5.74, 6) is 0. The maximum atomic E-state index is 6.27. The van der Waals surface area contributed by atoms with Gasteiger partial charge in [-0.05, 0) is 18.6 Å². The summed E-state index contributed by atoms with van der Waals surface area (Å²) in [4.78, 5) is 5.07. The van der Waals surface area contributed by atoms with Gasteiger partial charge in [0.2, 0.25) is 0 Å². The predicted molar refractivity (Wildman–Crippen MR) is 99.5 cm³/mol. The first-order chi connectivity index (χ1) is 12.2. The molecule has 0 radical (unpaired) electrons. The van der Waals surface area contributed by atoms with E-state index >= 15 is 0 Å². The molecule has 2 aromatic rings. The van der Waals surface area contributed by atoms with Crippen molar-refractivity contribution < 1.29 is 0 Å². The van der Waals surface area contributed by atoms with Gasteiger partial charge in [-0.1, -0.05) is 34.5 Å². The maximum Gasteiger partial charge on any atom is 0.0971 e. The fourth-order valence-corrected chi connectivity index (χ4v) is 4.07. The van der Waals surface area contributed by atoms with Crippen molar-refractivity contribution in [3.8, 4) is 5.69 Å². The van der Waals surface area contributed by atoms with Crippen molar-refractivity contribution in [2.75, 3.05) is 39.3 Å². The summed E-state index contributed by atoms with van der Waals surface area (Å²) in [5.41, 5.74) is 1.71. The Morgan fingerprint density at radius 3 is 2.84 bits per heavy atom. The third-order valence-electron chi connectivity index (χ3n) is 5.02. The van der Waals surface area contributed by atoms with Crippen molar-refractivity contribution in [1.82, 2.24) is 30.1 Å². The van der Waals surface area contributed by atoms with Gasteiger partial charge in [-0.3, -0.25) is 9.80 Å². The molecule has 1 unspecified atom stereocenters. The highest BCUT2D eigenvalue weighted by Crippen LogP contribution is 2.28. The summed E-state index contributed by atoms with van der Waals surface area (Å²) in [6, 6.07) is 6.19. The van der Waals surface area contributed by atoms with Crippen LogP contribution in [0, 0.1) is 0 Å². The van der Waals surface area contributed by atoms with Gasteiger partial charge in [0.05, 0.1) is 27.6 Å². The van der Waals surface area contributed by atoms with Gasteiger partial charge in [-0.15, -0.1) is 5.10 Å². The molecule has 25 heavy (non-hydrogen) atoms. The molecule has 3 heterocycles. The summed E-state index contributed by atoms with van der Waals surface area (Å²) in [5, 5.41) is 13.0. The van der Waals surface area contributed by atoms with Crippen molar-refractivity contribution in [3.05, 3.63) is 40.1 Å². The van der Waals surface area contributed by atoms with Crippen molar-refractivity contribution >= 4 is 23.2 Å². The number of hydrogen-bond donors (Lipinski definition) is 1. The zero-order chi connectivity index (χ0) is 17.2. The Morgan fingerprint density at radius 1 is 1.16 bits per heavy atom. The predicted octanol–water partition coefficient (Wildman–Crippen LogP) is 2.05. The molecule has 6 nitrogen and oxygen atoms in total. The monoisotopic (exact) mass is 380 g/mol. The molecule has 2 aliphatic heterocycles. The number of benzene rings is 1. The topological polar surface area (TPSA) is 49.2 Å². The Morgan fingerprint density at radius 2 is 2.00 bits per heavy atom. The number of piperazine rings is 1. The van der Waals surface area contributed by atoms with Gasteiger partial charge in [-0.25, -0.2) is 4.68 Å². The molecule has 0 bridgehead atoms. The lowest BCUT2D eigenvalue weighted by Crippen LogP contribution is -2.49. The van der Waals surface area contributed by atoms with Crippen LogP contribution in [-0.4, -0.2) is 70.1 Å². The van der Waals surface area contributed by atoms with Gasteiger partial charge < -0.3 is 5.32 Å². The highest BCUT2D eigenvalue weighted by Gasteiger charge is 2.28. The molecule has 2 aliphatic rings. The fourth-order valence-electron chi connectivity index (χ4n) is 3.69. The van der Waals surface area contributed by atoms with Crippen LogP contribution in [0.3, 0.4) is 0 Å². The Hall–Kier alpha value is -1.18. The largest absolute Gasteiger partial charge is 0.314 e. The fraction of sp³-hybridized carbons (Fsp3) is 0.529. The summed E-state index contributed by atoms with van der Waals surface area (Å²) in [6.07, 6.45) is 3.17. The first-order valence-corrected chi connectivity index (χ1v) is 9.49. The van der Waals surface area contributed by atoms with Gasteiger partial charge in [-0.2, -0.15) is 0 Å². The molecular weight excluding hydrogens is 359 g/mol. The van der Waals surface area contributed by atoms with E-state index in [1.54, 1.807) is 10.7 Å². The molecule has 0 amide bonds.